The third kappa shape index (κ3) is 5.95. The van der Waals surface area contributed by atoms with Crippen molar-refractivity contribution in [3.63, 3.8) is 0 Å². The molecule has 0 heterocycles. The number of hydrogen-bond acceptors (Lipinski definition) is 2. The lowest BCUT2D eigenvalue weighted by molar-refractivity contribution is 0.0818. The van der Waals surface area contributed by atoms with Crippen molar-refractivity contribution in [2.75, 3.05) is 25.7 Å². The zero-order valence-corrected chi connectivity index (χ0v) is 11.7. The van der Waals surface area contributed by atoms with Crippen LogP contribution in [0.25, 0.3) is 0 Å². The van der Waals surface area contributed by atoms with E-state index in [1.807, 2.05) is 24.3 Å². The van der Waals surface area contributed by atoms with Gasteiger partial charge in [-0.3, -0.25) is 0 Å². The first-order valence-corrected chi connectivity index (χ1v) is 6.62. The van der Waals surface area contributed by atoms with Crippen LogP contribution in [0.3, 0.4) is 0 Å². The molecule has 0 radical (unpaired) electrons. The van der Waals surface area contributed by atoms with Gasteiger partial charge in [-0.25, -0.2) is 0 Å². The molecule has 0 saturated carbocycles. The number of halogens is 1. The molecule has 98 valence electrons. The Morgan fingerprint density at radius 3 is 2.72 bits per heavy atom. The molecule has 1 aromatic carbocycles. The van der Waals surface area contributed by atoms with Crippen molar-refractivity contribution in [3.05, 3.63) is 29.8 Å². The Morgan fingerprint density at radius 1 is 1.22 bits per heavy atom. The average Bonchev–Trinajstić information content (AvgIpc) is 2.36. The monoisotopic (exact) mass is 266 g/mol. The van der Waals surface area contributed by atoms with E-state index in [1.165, 1.54) is 0 Å². The summed E-state index contributed by atoms with van der Waals surface area (Å²) in [6, 6.07) is 7.68. The van der Waals surface area contributed by atoms with Crippen molar-refractivity contribution >= 4 is 11.6 Å². The SMILES string of the molecule is CC(C)COCCOc1ccccc1C#CCCl. The zero-order chi connectivity index (χ0) is 13.2. The molecule has 0 atom stereocenters. The Hall–Kier alpha value is -1.17. The molecular weight excluding hydrogens is 248 g/mol. The summed E-state index contributed by atoms with van der Waals surface area (Å²) in [5.41, 5.74) is 0.863. The quantitative estimate of drug-likeness (QED) is 0.447. The van der Waals surface area contributed by atoms with Crippen molar-refractivity contribution in [1.82, 2.24) is 0 Å². The third-order valence-electron chi connectivity index (χ3n) is 2.11. The standard InChI is InChI=1S/C15H19ClO2/c1-13(2)12-17-10-11-18-15-8-4-3-6-14(15)7-5-9-16/h3-4,6,8,13H,9-12H2,1-2H3. The molecule has 3 heteroatoms. The zero-order valence-electron chi connectivity index (χ0n) is 10.9. The van der Waals surface area contributed by atoms with E-state index in [0.717, 1.165) is 17.9 Å². The predicted molar refractivity (Wildman–Crippen MR) is 75.2 cm³/mol. The Morgan fingerprint density at radius 2 is 2.00 bits per heavy atom. The van der Waals surface area contributed by atoms with Gasteiger partial charge in [0, 0.05) is 6.61 Å². The first-order chi connectivity index (χ1) is 8.74. The molecule has 0 unspecified atom stereocenters. The number of hydrogen-bond donors (Lipinski definition) is 0. The fraction of sp³-hybridized carbons (Fsp3) is 0.467. The van der Waals surface area contributed by atoms with Crippen LogP contribution < -0.4 is 4.74 Å². The smallest absolute Gasteiger partial charge is 0.135 e. The molecule has 0 bridgehead atoms. The summed E-state index contributed by atoms with van der Waals surface area (Å²) in [5, 5.41) is 0. The lowest BCUT2D eigenvalue weighted by Crippen LogP contribution is -2.10. The molecule has 0 aliphatic carbocycles. The molecular formula is C15H19ClO2. The lowest BCUT2D eigenvalue weighted by atomic mass is 10.2. The van der Waals surface area contributed by atoms with Crippen LogP contribution in [0.4, 0.5) is 0 Å². The predicted octanol–water partition coefficient (Wildman–Crippen LogP) is 3.33. The fourth-order valence-electron chi connectivity index (χ4n) is 1.35. The second-order valence-electron chi connectivity index (χ2n) is 4.25. The Kier molecular flexibility index (Phi) is 7.32. The summed E-state index contributed by atoms with van der Waals surface area (Å²) >= 11 is 5.54. The van der Waals surface area contributed by atoms with Crippen molar-refractivity contribution in [2.24, 2.45) is 5.92 Å². The molecule has 0 aromatic heterocycles. The van der Waals surface area contributed by atoms with Crippen LogP contribution in [0.5, 0.6) is 5.75 Å². The summed E-state index contributed by atoms with van der Waals surface area (Å²) in [6.45, 7) is 6.13. The molecule has 1 aromatic rings. The van der Waals surface area contributed by atoms with E-state index >= 15 is 0 Å². The van der Waals surface area contributed by atoms with E-state index in [9.17, 15) is 0 Å². The van der Waals surface area contributed by atoms with Crippen LogP contribution in [0, 0.1) is 17.8 Å². The van der Waals surface area contributed by atoms with Crippen LogP contribution in [0.1, 0.15) is 19.4 Å². The molecule has 0 fully saturated rings. The molecule has 1 rings (SSSR count). The minimum atomic E-state index is 0.325. The lowest BCUT2D eigenvalue weighted by Gasteiger charge is -2.09. The van der Waals surface area contributed by atoms with Crippen LogP contribution in [0.2, 0.25) is 0 Å². The van der Waals surface area contributed by atoms with Crippen molar-refractivity contribution in [2.45, 2.75) is 13.8 Å². The molecule has 18 heavy (non-hydrogen) atoms. The first kappa shape index (κ1) is 14.9. The highest BCUT2D eigenvalue weighted by Crippen LogP contribution is 2.16. The highest BCUT2D eigenvalue weighted by Gasteiger charge is 2.00. The van der Waals surface area contributed by atoms with Crippen LogP contribution in [0.15, 0.2) is 24.3 Å². The second-order valence-corrected chi connectivity index (χ2v) is 4.52. The van der Waals surface area contributed by atoms with E-state index < -0.39 is 0 Å². The Bertz CT molecular complexity index is 404. The maximum absolute atomic E-state index is 5.65. The van der Waals surface area contributed by atoms with Gasteiger partial charge < -0.3 is 9.47 Å². The van der Waals surface area contributed by atoms with Crippen LogP contribution in [-0.4, -0.2) is 25.7 Å². The number of para-hydroxylation sites is 1. The van der Waals surface area contributed by atoms with E-state index in [1.54, 1.807) is 0 Å². The minimum absolute atomic E-state index is 0.325. The first-order valence-electron chi connectivity index (χ1n) is 6.08. The van der Waals surface area contributed by atoms with Crippen molar-refractivity contribution < 1.29 is 9.47 Å². The van der Waals surface area contributed by atoms with Gasteiger partial charge in [-0.05, 0) is 18.1 Å². The third-order valence-corrected chi connectivity index (χ3v) is 2.25. The van der Waals surface area contributed by atoms with Gasteiger partial charge in [0.2, 0.25) is 0 Å². The maximum atomic E-state index is 5.65. The van der Waals surface area contributed by atoms with Crippen molar-refractivity contribution in [3.8, 4) is 17.6 Å². The van der Waals surface area contributed by atoms with Gasteiger partial charge in [-0.2, -0.15) is 0 Å². The van der Waals surface area contributed by atoms with Crippen LogP contribution in [-0.2, 0) is 4.74 Å². The Balaban J connectivity index is 2.42. The van der Waals surface area contributed by atoms with E-state index in [2.05, 4.69) is 25.7 Å². The normalized spacial score (nSPS) is 10.0. The summed E-state index contributed by atoms with van der Waals surface area (Å²) < 4.78 is 11.1. The van der Waals surface area contributed by atoms with Gasteiger partial charge in [0.05, 0.1) is 18.1 Å². The number of alkyl halides is 1. The molecule has 0 aliphatic rings. The molecule has 0 N–H and O–H groups in total. The summed E-state index contributed by atoms with van der Waals surface area (Å²) in [7, 11) is 0. The molecule has 0 amide bonds. The highest BCUT2D eigenvalue weighted by atomic mass is 35.5. The van der Waals surface area contributed by atoms with Crippen LogP contribution >= 0.6 is 11.6 Å². The van der Waals surface area contributed by atoms with E-state index in [0.29, 0.717) is 25.0 Å². The molecule has 2 nitrogen and oxygen atoms in total. The molecule has 0 saturated heterocycles. The minimum Gasteiger partial charge on any atom is -0.490 e. The van der Waals surface area contributed by atoms with Crippen molar-refractivity contribution in [1.29, 1.82) is 0 Å². The van der Waals surface area contributed by atoms with Gasteiger partial charge in [0.25, 0.3) is 0 Å². The number of ether oxygens (including phenoxy) is 2. The van der Waals surface area contributed by atoms with E-state index in [4.69, 9.17) is 21.1 Å². The van der Waals surface area contributed by atoms with Gasteiger partial charge >= 0.3 is 0 Å². The maximum Gasteiger partial charge on any atom is 0.135 e. The second kappa shape index (κ2) is 8.85. The van der Waals surface area contributed by atoms with Gasteiger partial charge in [-0.1, -0.05) is 37.8 Å². The summed E-state index contributed by atoms with van der Waals surface area (Å²) in [5.74, 6) is 7.45. The summed E-state index contributed by atoms with van der Waals surface area (Å²) in [4.78, 5) is 0. The highest BCUT2D eigenvalue weighted by molar-refractivity contribution is 6.19. The number of rotatable bonds is 6. The van der Waals surface area contributed by atoms with Gasteiger partial charge in [0.1, 0.15) is 12.4 Å². The number of benzene rings is 1. The topological polar surface area (TPSA) is 18.5 Å². The van der Waals surface area contributed by atoms with Gasteiger partial charge in [0.15, 0.2) is 0 Å². The van der Waals surface area contributed by atoms with E-state index in [-0.39, 0.29) is 0 Å². The molecule has 0 aliphatic heterocycles. The molecule has 0 spiro atoms. The summed E-state index contributed by atoms with van der Waals surface area (Å²) in [6.07, 6.45) is 0. The average molecular weight is 267 g/mol. The fourth-order valence-corrected chi connectivity index (χ4v) is 1.42. The Labute approximate surface area is 114 Å². The van der Waals surface area contributed by atoms with Gasteiger partial charge in [-0.15, -0.1) is 11.6 Å². The largest absolute Gasteiger partial charge is 0.490 e.